The lowest BCUT2D eigenvalue weighted by atomic mass is 9.80. The van der Waals surface area contributed by atoms with Crippen LogP contribution in [0.15, 0.2) is 0 Å². The van der Waals surface area contributed by atoms with Crippen molar-refractivity contribution >= 4 is 5.97 Å². The molecule has 0 bridgehead atoms. The third-order valence-electron chi connectivity index (χ3n) is 3.48. The van der Waals surface area contributed by atoms with Gasteiger partial charge in [0.05, 0.1) is 6.10 Å². The van der Waals surface area contributed by atoms with Crippen molar-refractivity contribution in [3.63, 3.8) is 0 Å². The minimum Gasteiger partial charge on any atom is -0.480 e. The predicted molar refractivity (Wildman–Crippen MR) is 68.7 cm³/mol. The van der Waals surface area contributed by atoms with Gasteiger partial charge in [-0.25, -0.2) is 0 Å². The summed E-state index contributed by atoms with van der Waals surface area (Å²) in [6.45, 7) is 3.93. The summed E-state index contributed by atoms with van der Waals surface area (Å²) in [6, 6.07) is 0. The summed E-state index contributed by atoms with van der Waals surface area (Å²) < 4.78 is 10.7. The highest BCUT2D eigenvalue weighted by atomic mass is 16.5. The molecule has 0 heterocycles. The molecule has 1 saturated carbocycles. The van der Waals surface area contributed by atoms with Gasteiger partial charge >= 0.3 is 5.97 Å². The third-order valence-corrected chi connectivity index (χ3v) is 3.48. The maximum absolute atomic E-state index is 11.5. The number of aliphatic carboxylic acids is 1. The molecule has 0 aliphatic heterocycles. The molecule has 0 aromatic carbocycles. The van der Waals surface area contributed by atoms with Gasteiger partial charge < -0.3 is 19.9 Å². The molecule has 1 rings (SSSR count). The molecular weight excluding hydrogens is 234 g/mol. The average molecular weight is 259 g/mol. The van der Waals surface area contributed by atoms with Gasteiger partial charge in [0.2, 0.25) is 0 Å². The molecule has 0 aromatic rings. The van der Waals surface area contributed by atoms with Crippen LogP contribution in [0.2, 0.25) is 0 Å². The lowest BCUT2D eigenvalue weighted by molar-refractivity contribution is -0.149. The standard InChI is InChI=1S/C13H25NO4/c1-3-14-13(12(15)16)7-4-6-11(10-13)18-9-5-8-17-2/h11,14H,3-10H2,1-2H3,(H,15,16). The van der Waals surface area contributed by atoms with Gasteiger partial charge in [-0.05, 0) is 32.2 Å². The van der Waals surface area contributed by atoms with E-state index in [-0.39, 0.29) is 6.10 Å². The first-order valence-electron chi connectivity index (χ1n) is 6.73. The summed E-state index contributed by atoms with van der Waals surface area (Å²) in [4.78, 5) is 11.5. The van der Waals surface area contributed by atoms with Gasteiger partial charge in [-0.1, -0.05) is 6.92 Å². The number of hydrogen-bond acceptors (Lipinski definition) is 4. The highest BCUT2D eigenvalue weighted by Gasteiger charge is 2.42. The lowest BCUT2D eigenvalue weighted by Crippen LogP contribution is -2.56. The van der Waals surface area contributed by atoms with Crippen LogP contribution < -0.4 is 5.32 Å². The number of hydrogen-bond donors (Lipinski definition) is 2. The molecule has 2 unspecified atom stereocenters. The van der Waals surface area contributed by atoms with E-state index in [1.165, 1.54) is 0 Å². The molecular formula is C13H25NO4. The highest BCUT2D eigenvalue weighted by Crippen LogP contribution is 2.30. The zero-order valence-corrected chi connectivity index (χ0v) is 11.4. The van der Waals surface area contributed by atoms with Crippen molar-refractivity contribution in [3.8, 4) is 0 Å². The summed E-state index contributed by atoms with van der Waals surface area (Å²) in [6.07, 6.45) is 4.00. The Morgan fingerprint density at radius 2 is 2.28 bits per heavy atom. The largest absolute Gasteiger partial charge is 0.480 e. The molecule has 1 aliphatic carbocycles. The van der Waals surface area contributed by atoms with Crippen LogP contribution in [-0.2, 0) is 14.3 Å². The predicted octanol–water partition coefficient (Wildman–Crippen LogP) is 1.41. The molecule has 0 spiro atoms. The van der Waals surface area contributed by atoms with E-state index >= 15 is 0 Å². The molecule has 0 saturated heterocycles. The fourth-order valence-corrected chi connectivity index (χ4v) is 2.59. The van der Waals surface area contributed by atoms with Crippen LogP contribution in [0.5, 0.6) is 0 Å². The van der Waals surface area contributed by atoms with E-state index < -0.39 is 11.5 Å². The minimum absolute atomic E-state index is 0.0470. The van der Waals surface area contributed by atoms with Crippen LogP contribution in [0.4, 0.5) is 0 Å². The van der Waals surface area contributed by atoms with E-state index in [1.807, 2.05) is 6.92 Å². The topological polar surface area (TPSA) is 67.8 Å². The zero-order chi connectivity index (χ0) is 13.4. The van der Waals surface area contributed by atoms with Crippen LogP contribution >= 0.6 is 0 Å². The number of carbonyl (C=O) groups is 1. The lowest BCUT2D eigenvalue weighted by Gasteiger charge is -2.38. The molecule has 1 aliphatic rings. The Hall–Kier alpha value is -0.650. The normalized spacial score (nSPS) is 28.2. The van der Waals surface area contributed by atoms with Crippen molar-refractivity contribution in [1.82, 2.24) is 5.32 Å². The smallest absolute Gasteiger partial charge is 0.323 e. The molecule has 5 nitrogen and oxygen atoms in total. The van der Waals surface area contributed by atoms with Gasteiger partial charge in [0.15, 0.2) is 0 Å². The van der Waals surface area contributed by atoms with Gasteiger partial charge in [0, 0.05) is 26.7 Å². The van der Waals surface area contributed by atoms with Crippen LogP contribution in [0.25, 0.3) is 0 Å². The SMILES string of the molecule is CCNC1(C(=O)O)CCCC(OCCCOC)C1. The van der Waals surface area contributed by atoms with Gasteiger partial charge in [0.25, 0.3) is 0 Å². The first kappa shape index (κ1) is 15.4. The van der Waals surface area contributed by atoms with Crippen molar-refractivity contribution in [2.75, 3.05) is 26.9 Å². The summed E-state index contributed by atoms with van der Waals surface area (Å²) in [7, 11) is 1.67. The van der Waals surface area contributed by atoms with Gasteiger partial charge in [-0.2, -0.15) is 0 Å². The molecule has 0 amide bonds. The van der Waals surface area contributed by atoms with Crippen LogP contribution in [0.1, 0.15) is 39.0 Å². The van der Waals surface area contributed by atoms with Gasteiger partial charge in [0.1, 0.15) is 5.54 Å². The Balaban J connectivity index is 2.45. The van der Waals surface area contributed by atoms with E-state index in [0.29, 0.717) is 32.6 Å². The van der Waals surface area contributed by atoms with Crippen LogP contribution in [0.3, 0.4) is 0 Å². The number of rotatable bonds is 8. The second kappa shape index (κ2) is 7.71. The highest BCUT2D eigenvalue weighted by molar-refractivity contribution is 5.79. The maximum Gasteiger partial charge on any atom is 0.323 e. The van der Waals surface area contributed by atoms with Gasteiger partial charge in [-0.3, -0.25) is 4.79 Å². The van der Waals surface area contributed by atoms with Crippen molar-refractivity contribution in [1.29, 1.82) is 0 Å². The van der Waals surface area contributed by atoms with Crippen LogP contribution in [-0.4, -0.2) is 49.6 Å². The average Bonchev–Trinajstić information content (AvgIpc) is 2.35. The first-order valence-corrected chi connectivity index (χ1v) is 6.73. The number of carboxylic acids is 1. The number of nitrogens with one attached hydrogen (secondary N) is 1. The monoisotopic (exact) mass is 259 g/mol. The zero-order valence-electron chi connectivity index (χ0n) is 11.4. The Morgan fingerprint density at radius 3 is 2.89 bits per heavy atom. The summed E-state index contributed by atoms with van der Waals surface area (Å²) in [5.41, 5.74) is -0.793. The van der Waals surface area contributed by atoms with Crippen LogP contribution in [0, 0.1) is 0 Å². The summed E-state index contributed by atoms with van der Waals surface area (Å²) in [5, 5.41) is 12.5. The Labute approximate surface area is 109 Å². The van der Waals surface area contributed by atoms with E-state index in [4.69, 9.17) is 9.47 Å². The Kier molecular flexibility index (Phi) is 6.60. The molecule has 2 atom stereocenters. The fourth-order valence-electron chi connectivity index (χ4n) is 2.59. The summed E-state index contributed by atoms with van der Waals surface area (Å²) in [5.74, 6) is -0.755. The maximum atomic E-state index is 11.5. The molecule has 5 heteroatoms. The fraction of sp³-hybridized carbons (Fsp3) is 0.923. The number of carboxylic acid groups (broad SMARTS) is 1. The number of likely N-dealkylation sites (N-methyl/N-ethyl adjacent to an activating group) is 1. The van der Waals surface area contributed by atoms with Crippen molar-refractivity contribution < 1.29 is 19.4 Å². The Morgan fingerprint density at radius 1 is 1.50 bits per heavy atom. The second-order valence-electron chi connectivity index (χ2n) is 4.85. The van der Waals surface area contributed by atoms with Gasteiger partial charge in [-0.15, -0.1) is 0 Å². The molecule has 0 radical (unpaired) electrons. The van der Waals surface area contributed by atoms with Crippen molar-refractivity contribution in [2.45, 2.75) is 50.7 Å². The van der Waals surface area contributed by atoms with Crippen molar-refractivity contribution in [3.05, 3.63) is 0 Å². The second-order valence-corrected chi connectivity index (χ2v) is 4.85. The first-order chi connectivity index (χ1) is 8.64. The minimum atomic E-state index is -0.793. The molecule has 18 heavy (non-hydrogen) atoms. The molecule has 1 fully saturated rings. The third kappa shape index (κ3) is 4.23. The van der Waals surface area contributed by atoms with Crippen molar-refractivity contribution in [2.24, 2.45) is 0 Å². The summed E-state index contributed by atoms with van der Waals surface area (Å²) >= 11 is 0. The Bertz CT molecular complexity index is 255. The van der Waals surface area contributed by atoms with E-state index in [2.05, 4.69) is 5.32 Å². The molecule has 2 N–H and O–H groups in total. The quantitative estimate of drug-likeness (QED) is 0.645. The molecule has 0 aromatic heterocycles. The number of ether oxygens (including phenoxy) is 2. The molecule has 106 valence electrons. The van der Waals surface area contributed by atoms with E-state index in [1.54, 1.807) is 7.11 Å². The van der Waals surface area contributed by atoms with E-state index in [0.717, 1.165) is 19.3 Å². The van der Waals surface area contributed by atoms with E-state index in [9.17, 15) is 9.90 Å². The number of methoxy groups -OCH3 is 1.